The zero-order chi connectivity index (χ0) is 19.1. The van der Waals surface area contributed by atoms with E-state index >= 15 is 0 Å². The van der Waals surface area contributed by atoms with Crippen LogP contribution < -0.4 is 10.6 Å². The number of halogens is 2. The summed E-state index contributed by atoms with van der Waals surface area (Å²) >= 11 is 7.81. The van der Waals surface area contributed by atoms with E-state index in [1.54, 1.807) is 18.0 Å². The van der Waals surface area contributed by atoms with Crippen molar-refractivity contribution in [3.63, 3.8) is 0 Å². The van der Waals surface area contributed by atoms with Gasteiger partial charge < -0.3 is 15.7 Å². The number of aliphatic imine (C=N–C) groups is 1. The van der Waals surface area contributed by atoms with Gasteiger partial charge in [0.2, 0.25) is 0 Å². The molecule has 1 aliphatic rings. The smallest absolute Gasteiger partial charge is 0.191 e. The highest BCUT2D eigenvalue weighted by molar-refractivity contribution is 14.0. The quantitative estimate of drug-likeness (QED) is 0.289. The van der Waals surface area contributed by atoms with Gasteiger partial charge in [0.1, 0.15) is 0 Å². The summed E-state index contributed by atoms with van der Waals surface area (Å²) in [6.07, 6.45) is 4.51. The molecule has 6 nitrogen and oxygen atoms in total. The lowest BCUT2D eigenvalue weighted by Gasteiger charge is -2.22. The first-order chi connectivity index (χ1) is 13.1. The van der Waals surface area contributed by atoms with Crippen molar-refractivity contribution in [3.05, 3.63) is 53.3 Å². The van der Waals surface area contributed by atoms with E-state index in [1.165, 1.54) is 0 Å². The molecule has 0 spiro atoms. The molecule has 0 saturated carbocycles. The van der Waals surface area contributed by atoms with E-state index in [0.717, 1.165) is 30.0 Å². The van der Waals surface area contributed by atoms with E-state index in [2.05, 4.69) is 20.7 Å². The van der Waals surface area contributed by atoms with Crippen molar-refractivity contribution in [1.29, 1.82) is 0 Å². The van der Waals surface area contributed by atoms with Gasteiger partial charge in [-0.3, -0.25) is 9.67 Å². The van der Waals surface area contributed by atoms with Crippen molar-refractivity contribution < 1.29 is 5.11 Å². The highest BCUT2D eigenvalue weighted by atomic mass is 127. The third kappa shape index (κ3) is 6.53. The summed E-state index contributed by atoms with van der Waals surface area (Å²) in [5.74, 6) is 2.44. The minimum absolute atomic E-state index is 0. The van der Waals surface area contributed by atoms with Crippen LogP contribution in [0.1, 0.15) is 24.9 Å². The van der Waals surface area contributed by atoms with Crippen LogP contribution in [0.5, 0.6) is 0 Å². The molecule has 2 unspecified atom stereocenters. The molecule has 2 atom stereocenters. The van der Waals surface area contributed by atoms with Crippen molar-refractivity contribution >= 4 is 53.3 Å². The van der Waals surface area contributed by atoms with Crippen LogP contribution in [0, 0.1) is 0 Å². The van der Waals surface area contributed by atoms with Crippen LogP contribution in [0.2, 0.25) is 5.02 Å². The van der Waals surface area contributed by atoms with E-state index in [4.69, 9.17) is 11.6 Å². The summed E-state index contributed by atoms with van der Waals surface area (Å²) in [4.78, 5) is 4.61. The molecule has 9 heteroatoms. The molecular formula is C19H27ClIN5OS. The first-order valence-electron chi connectivity index (χ1n) is 9.16. The molecule has 1 fully saturated rings. The van der Waals surface area contributed by atoms with Gasteiger partial charge in [-0.1, -0.05) is 23.7 Å². The second kappa shape index (κ2) is 11.3. The van der Waals surface area contributed by atoms with Crippen molar-refractivity contribution in [2.45, 2.75) is 25.0 Å². The predicted molar refractivity (Wildman–Crippen MR) is 128 cm³/mol. The molecular weight excluding hydrogens is 509 g/mol. The van der Waals surface area contributed by atoms with E-state index in [1.807, 2.05) is 48.1 Å². The van der Waals surface area contributed by atoms with E-state index in [9.17, 15) is 5.11 Å². The summed E-state index contributed by atoms with van der Waals surface area (Å²) in [6.45, 7) is 3.80. The van der Waals surface area contributed by atoms with Crippen LogP contribution in [0.15, 0.2) is 47.7 Å². The van der Waals surface area contributed by atoms with Gasteiger partial charge >= 0.3 is 0 Å². The maximum absolute atomic E-state index is 10.5. The summed E-state index contributed by atoms with van der Waals surface area (Å²) in [5, 5.41) is 22.3. The molecule has 2 aromatic rings. The average molecular weight is 536 g/mol. The summed E-state index contributed by atoms with van der Waals surface area (Å²) < 4.78 is 1.92. The molecule has 3 rings (SSSR count). The standard InChI is InChI=1S/C19H26ClN5OS.HI/c1-2-21-18(23-13-19(26)8-11-27-14-19)22-12-17(25-10-3-9-24-25)15-4-6-16(20)7-5-15;/h3-7,9-10,17,26H,2,8,11-14H2,1H3,(H2,21,22,23);1H. The fraction of sp³-hybridized carbons (Fsp3) is 0.474. The van der Waals surface area contributed by atoms with Crippen molar-refractivity contribution in [3.8, 4) is 0 Å². The maximum Gasteiger partial charge on any atom is 0.191 e. The monoisotopic (exact) mass is 535 g/mol. The van der Waals surface area contributed by atoms with Gasteiger partial charge in [0.05, 0.1) is 18.2 Å². The molecule has 1 aliphatic heterocycles. The Morgan fingerprint density at radius 3 is 2.79 bits per heavy atom. The number of hydrogen-bond donors (Lipinski definition) is 3. The second-order valence-corrected chi connectivity index (χ2v) is 8.20. The first kappa shape index (κ1) is 23.3. The van der Waals surface area contributed by atoms with Gasteiger partial charge in [0.25, 0.3) is 0 Å². The Morgan fingerprint density at radius 1 is 1.39 bits per heavy atom. The molecule has 1 aromatic carbocycles. The number of guanidine groups is 1. The Kier molecular flexibility index (Phi) is 9.39. The largest absolute Gasteiger partial charge is 0.387 e. The topological polar surface area (TPSA) is 74.5 Å². The van der Waals surface area contributed by atoms with Gasteiger partial charge in [0, 0.05) is 36.3 Å². The van der Waals surface area contributed by atoms with E-state index in [-0.39, 0.29) is 30.0 Å². The average Bonchev–Trinajstić information content (AvgIpc) is 3.34. The van der Waals surface area contributed by atoms with Crippen LogP contribution in [0.25, 0.3) is 0 Å². The van der Waals surface area contributed by atoms with Crippen LogP contribution >= 0.6 is 47.3 Å². The first-order valence-corrected chi connectivity index (χ1v) is 10.7. The molecule has 1 aromatic heterocycles. The number of aromatic nitrogens is 2. The summed E-state index contributed by atoms with van der Waals surface area (Å²) in [6, 6.07) is 9.72. The molecule has 154 valence electrons. The molecule has 0 amide bonds. The third-order valence-corrected chi connectivity index (χ3v) is 6.01. The molecule has 28 heavy (non-hydrogen) atoms. The number of rotatable bonds is 7. The molecule has 1 saturated heterocycles. The second-order valence-electron chi connectivity index (χ2n) is 6.66. The maximum atomic E-state index is 10.5. The molecule has 0 aliphatic carbocycles. The van der Waals surface area contributed by atoms with Gasteiger partial charge in [-0.2, -0.15) is 16.9 Å². The minimum atomic E-state index is -0.690. The normalized spacial score (nSPS) is 20.5. The van der Waals surface area contributed by atoms with E-state index < -0.39 is 5.60 Å². The molecule has 0 bridgehead atoms. The Balaban J connectivity index is 0.00000280. The SMILES string of the molecule is CCNC(=NCC1(O)CCSC1)NCC(c1ccc(Cl)cc1)n1cccn1.I. The number of nitrogens with one attached hydrogen (secondary N) is 2. The Morgan fingerprint density at radius 2 is 2.18 bits per heavy atom. The highest BCUT2D eigenvalue weighted by Crippen LogP contribution is 2.27. The zero-order valence-corrected chi connectivity index (χ0v) is 19.7. The van der Waals surface area contributed by atoms with Crippen molar-refractivity contribution in [2.24, 2.45) is 4.99 Å². The molecule has 0 radical (unpaired) electrons. The molecule has 2 heterocycles. The third-order valence-electron chi connectivity index (χ3n) is 4.52. The van der Waals surface area contributed by atoms with Crippen molar-refractivity contribution in [2.75, 3.05) is 31.1 Å². The number of aliphatic hydroxyl groups is 1. The van der Waals surface area contributed by atoms with Gasteiger partial charge in [0.15, 0.2) is 5.96 Å². The molecule has 3 N–H and O–H groups in total. The lowest BCUT2D eigenvalue weighted by Crippen LogP contribution is -2.42. The van der Waals surface area contributed by atoms with Gasteiger partial charge in [-0.25, -0.2) is 0 Å². The van der Waals surface area contributed by atoms with Crippen LogP contribution in [-0.2, 0) is 0 Å². The Labute approximate surface area is 192 Å². The summed E-state index contributed by atoms with van der Waals surface area (Å²) in [7, 11) is 0. The summed E-state index contributed by atoms with van der Waals surface area (Å²) in [5.41, 5.74) is 0.419. The van der Waals surface area contributed by atoms with Crippen LogP contribution in [-0.4, -0.2) is 57.6 Å². The Hall–Kier alpha value is -0.970. The van der Waals surface area contributed by atoms with E-state index in [0.29, 0.717) is 24.1 Å². The van der Waals surface area contributed by atoms with Crippen LogP contribution in [0.4, 0.5) is 0 Å². The number of hydrogen-bond acceptors (Lipinski definition) is 4. The zero-order valence-electron chi connectivity index (χ0n) is 15.8. The highest BCUT2D eigenvalue weighted by Gasteiger charge is 2.31. The fourth-order valence-corrected chi connectivity index (χ4v) is 4.41. The number of nitrogens with zero attached hydrogens (tertiary/aromatic N) is 3. The van der Waals surface area contributed by atoms with Gasteiger partial charge in [-0.15, -0.1) is 24.0 Å². The number of thioether (sulfide) groups is 1. The van der Waals surface area contributed by atoms with Gasteiger partial charge in [-0.05, 0) is 42.9 Å². The number of benzene rings is 1. The van der Waals surface area contributed by atoms with Crippen LogP contribution in [0.3, 0.4) is 0 Å². The minimum Gasteiger partial charge on any atom is -0.387 e. The fourth-order valence-electron chi connectivity index (χ4n) is 3.00. The predicted octanol–water partition coefficient (Wildman–Crippen LogP) is 3.17. The lowest BCUT2D eigenvalue weighted by atomic mass is 10.0. The van der Waals surface area contributed by atoms with Crippen molar-refractivity contribution in [1.82, 2.24) is 20.4 Å². The lowest BCUT2D eigenvalue weighted by molar-refractivity contribution is 0.0778. The Bertz CT molecular complexity index is 735.